The van der Waals surface area contributed by atoms with Crippen LogP contribution in [0.15, 0.2) is 12.1 Å². The molecule has 0 heterocycles. The number of hydrogen-bond donors (Lipinski definition) is 1. The van der Waals surface area contributed by atoms with E-state index in [-0.39, 0.29) is 18.5 Å². The number of halogens is 2. The van der Waals surface area contributed by atoms with Crippen LogP contribution >= 0.6 is 35.0 Å². The first-order chi connectivity index (χ1) is 8.08. The van der Waals surface area contributed by atoms with Gasteiger partial charge >= 0.3 is 0 Å². The third kappa shape index (κ3) is 5.20. The van der Waals surface area contributed by atoms with Gasteiger partial charge in [0.05, 0.1) is 16.8 Å². The van der Waals surface area contributed by atoms with E-state index >= 15 is 0 Å². The van der Waals surface area contributed by atoms with E-state index in [1.54, 1.807) is 7.11 Å². The van der Waals surface area contributed by atoms with E-state index in [0.29, 0.717) is 0 Å². The third-order valence-electron chi connectivity index (χ3n) is 2.22. The van der Waals surface area contributed by atoms with Crippen molar-refractivity contribution in [1.29, 1.82) is 0 Å². The molecular weight excluding hydrogens is 365 g/mol. The average Bonchev–Trinajstić information content (AvgIpc) is 2.28. The lowest BCUT2D eigenvalue weighted by atomic mass is 10.2. The summed E-state index contributed by atoms with van der Waals surface area (Å²) in [5.74, 6) is 1.64. The van der Waals surface area contributed by atoms with Gasteiger partial charge in [-0.2, -0.15) is 0 Å². The van der Waals surface area contributed by atoms with Crippen molar-refractivity contribution in [3.63, 3.8) is 0 Å². The summed E-state index contributed by atoms with van der Waals surface area (Å²) in [6.45, 7) is 7.94. The van der Waals surface area contributed by atoms with Crippen molar-refractivity contribution in [3.05, 3.63) is 21.3 Å². The first-order valence-electron chi connectivity index (χ1n) is 5.82. The molecule has 0 bridgehead atoms. The lowest BCUT2D eigenvalue weighted by Gasteiger charge is -2.16. The Bertz CT molecular complexity index is 372. The van der Waals surface area contributed by atoms with Gasteiger partial charge in [0, 0.05) is 6.54 Å². The Morgan fingerprint density at radius 3 is 2.50 bits per heavy atom. The van der Waals surface area contributed by atoms with Gasteiger partial charge < -0.3 is 14.8 Å². The molecule has 0 saturated heterocycles. The maximum atomic E-state index is 5.77. The molecule has 1 aromatic carbocycles. The molecule has 104 valence electrons. The highest BCUT2D eigenvalue weighted by molar-refractivity contribution is 14.1. The van der Waals surface area contributed by atoms with Gasteiger partial charge in [-0.25, -0.2) is 0 Å². The van der Waals surface area contributed by atoms with E-state index in [9.17, 15) is 0 Å². The number of hydrogen-bond acceptors (Lipinski definition) is 3. The minimum Gasteiger partial charge on any atom is -0.493 e. The van der Waals surface area contributed by atoms with Gasteiger partial charge in [-0.05, 0) is 60.7 Å². The molecule has 0 aliphatic carbocycles. The van der Waals surface area contributed by atoms with Crippen molar-refractivity contribution in [2.75, 3.05) is 13.7 Å². The Balaban J connectivity index is 0.00000289. The number of nitrogens with one attached hydrogen (secondary N) is 1. The fraction of sp³-hybridized carbons (Fsp3) is 0.538. The molecule has 3 nitrogen and oxygen atoms in total. The zero-order valence-electron chi connectivity index (χ0n) is 11.2. The summed E-state index contributed by atoms with van der Waals surface area (Å²) in [5.41, 5.74) is 1.21. The van der Waals surface area contributed by atoms with Crippen molar-refractivity contribution in [2.24, 2.45) is 0 Å². The topological polar surface area (TPSA) is 30.5 Å². The summed E-state index contributed by atoms with van der Waals surface area (Å²) in [7, 11) is 1.68. The molecule has 0 spiro atoms. The molecule has 0 aliphatic rings. The lowest BCUT2D eigenvalue weighted by molar-refractivity contribution is 0.228. The van der Waals surface area contributed by atoms with Crippen molar-refractivity contribution in [1.82, 2.24) is 5.32 Å². The molecule has 5 heteroatoms. The number of ether oxygens (including phenoxy) is 2. The Kier molecular flexibility index (Phi) is 8.73. The van der Waals surface area contributed by atoms with E-state index in [1.807, 2.05) is 19.9 Å². The molecule has 0 radical (unpaired) electrons. The van der Waals surface area contributed by atoms with Crippen molar-refractivity contribution < 1.29 is 9.47 Å². The van der Waals surface area contributed by atoms with E-state index in [1.165, 1.54) is 5.56 Å². The molecule has 0 fully saturated rings. The van der Waals surface area contributed by atoms with Crippen LogP contribution < -0.4 is 14.8 Å². The van der Waals surface area contributed by atoms with Gasteiger partial charge in [-0.1, -0.05) is 6.92 Å². The summed E-state index contributed by atoms with van der Waals surface area (Å²) in [6, 6.07) is 4.16. The van der Waals surface area contributed by atoms with Crippen molar-refractivity contribution >= 4 is 35.0 Å². The van der Waals surface area contributed by atoms with Gasteiger partial charge in [-0.3, -0.25) is 0 Å². The van der Waals surface area contributed by atoms with Gasteiger partial charge in [0.15, 0.2) is 11.5 Å². The van der Waals surface area contributed by atoms with Crippen LogP contribution in [-0.4, -0.2) is 19.8 Å². The number of rotatable bonds is 6. The summed E-state index contributed by atoms with van der Waals surface area (Å²) in [5, 5.41) is 3.30. The standard InChI is InChI=1S/C13H20INO2.ClH/c1-5-15-8-10-6-11(14)13(17-9(2)3)12(7-10)16-4;/h6-7,9,15H,5,8H2,1-4H3;1H. The highest BCUT2D eigenvalue weighted by Gasteiger charge is 2.12. The molecule has 1 rings (SSSR count). The van der Waals surface area contributed by atoms with Crippen LogP contribution in [0.3, 0.4) is 0 Å². The van der Waals surface area contributed by atoms with Gasteiger partial charge in [-0.15, -0.1) is 12.4 Å². The van der Waals surface area contributed by atoms with Crippen molar-refractivity contribution in [2.45, 2.75) is 33.4 Å². The first kappa shape index (κ1) is 17.8. The molecule has 0 atom stereocenters. The molecule has 0 aromatic heterocycles. The molecule has 0 aliphatic heterocycles. The maximum Gasteiger partial charge on any atom is 0.174 e. The summed E-state index contributed by atoms with van der Waals surface area (Å²) in [6.07, 6.45) is 0.150. The highest BCUT2D eigenvalue weighted by Crippen LogP contribution is 2.34. The second kappa shape index (κ2) is 8.82. The van der Waals surface area contributed by atoms with Crippen molar-refractivity contribution in [3.8, 4) is 11.5 Å². The van der Waals surface area contributed by atoms with Crippen LogP contribution in [0.5, 0.6) is 11.5 Å². The maximum absolute atomic E-state index is 5.77. The molecule has 0 saturated carbocycles. The van der Waals surface area contributed by atoms with Crippen LogP contribution in [-0.2, 0) is 6.54 Å². The molecule has 1 aromatic rings. The lowest BCUT2D eigenvalue weighted by Crippen LogP contribution is -2.13. The predicted octanol–water partition coefficient (Wildman–Crippen LogP) is 3.62. The van der Waals surface area contributed by atoms with E-state index in [2.05, 4.69) is 40.9 Å². The van der Waals surface area contributed by atoms with Gasteiger partial charge in [0.1, 0.15) is 0 Å². The Labute approximate surface area is 129 Å². The number of benzene rings is 1. The quantitative estimate of drug-likeness (QED) is 0.759. The first-order valence-corrected chi connectivity index (χ1v) is 6.90. The Hall–Kier alpha value is -0.200. The zero-order valence-corrected chi connectivity index (χ0v) is 14.2. The normalized spacial score (nSPS) is 10.1. The predicted molar refractivity (Wildman–Crippen MR) is 86.1 cm³/mol. The third-order valence-corrected chi connectivity index (χ3v) is 3.02. The molecule has 0 unspecified atom stereocenters. The minimum absolute atomic E-state index is 0. The van der Waals surface area contributed by atoms with E-state index in [4.69, 9.17) is 9.47 Å². The SMILES string of the molecule is CCNCc1cc(I)c(OC(C)C)c(OC)c1.Cl. The van der Waals surface area contributed by atoms with E-state index < -0.39 is 0 Å². The smallest absolute Gasteiger partial charge is 0.174 e. The highest BCUT2D eigenvalue weighted by atomic mass is 127. The van der Waals surface area contributed by atoms with Crippen LogP contribution in [0, 0.1) is 3.57 Å². The van der Waals surface area contributed by atoms with Crippen LogP contribution in [0.4, 0.5) is 0 Å². The fourth-order valence-electron chi connectivity index (χ4n) is 1.49. The van der Waals surface area contributed by atoms with Gasteiger partial charge in [0.2, 0.25) is 0 Å². The Morgan fingerprint density at radius 1 is 1.33 bits per heavy atom. The minimum atomic E-state index is 0. The summed E-state index contributed by atoms with van der Waals surface area (Å²) in [4.78, 5) is 0. The largest absolute Gasteiger partial charge is 0.493 e. The van der Waals surface area contributed by atoms with Crippen LogP contribution in [0.1, 0.15) is 26.3 Å². The molecule has 0 amide bonds. The average molecular weight is 386 g/mol. The summed E-state index contributed by atoms with van der Waals surface area (Å²) >= 11 is 2.29. The fourth-order valence-corrected chi connectivity index (χ4v) is 2.29. The Morgan fingerprint density at radius 2 is 2.00 bits per heavy atom. The van der Waals surface area contributed by atoms with Crippen LogP contribution in [0.2, 0.25) is 0 Å². The summed E-state index contributed by atoms with van der Waals surface area (Å²) < 4.78 is 12.3. The number of methoxy groups -OCH3 is 1. The monoisotopic (exact) mass is 385 g/mol. The van der Waals surface area contributed by atoms with Crippen LogP contribution in [0.25, 0.3) is 0 Å². The van der Waals surface area contributed by atoms with Gasteiger partial charge in [0.25, 0.3) is 0 Å². The molecule has 18 heavy (non-hydrogen) atoms. The van der Waals surface area contributed by atoms with E-state index in [0.717, 1.165) is 28.2 Å². The second-order valence-corrected chi connectivity index (χ2v) is 5.22. The molecular formula is C13H21ClINO2. The molecule has 1 N–H and O–H groups in total. The second-order valence-electron chi connectivity index (χ2n) is 4.06. The zero-order chi connectivity index (χ0) is 12.8.